The normalized spacial score (nSPS) is 12.1. The van der Waals surface area contributed by atoms with E-state index in [1.165, 1.54) is 20.8 Å². The lowest BCUT2D eigenvalue weighted by atomic mass is 10.1. The second-order valence-corrected chi connectivity index (χ2v) is 8.43. The van der Waals surface area contributed by atoms with Crippen LogP contribution in [0.25, 0.3) is 0 Å². The predicted octanol–water partition coefficient (Wildman–Crippen LogP) is 5.26. The van der Waals surface area contributed by atoms with Gasteiger partial charge in [-0.3, -0.25) is 4.79 Å². The van der Waals surface area contributed by atoms with Crippen LogP contribution in [0.5, 0.6) is 11.5 Å². The first-order valence-corrected chi connectivity index (χ1v) is 10.3. The van der Waals surface area contributed by atoms with Crippen molar-refractivity contribution in [2.24, 2.45) is 0 Å². The molecule has 1 atom stereocenters. The van der Waals surface area contributed by atoms with E-state index in [-0.39, 0.29) is 0 Å². The smallest absolute Gasteiger partial charge is 0.408 e. The number of alkyl carbamates (subject to hydrolysis) is 1. The third-order valence-electron chi connectivity index (χ3n) is 4.37. The summed E-state index contributed by atoms with van der Waals surface area (Å²) in [6, 6.07) is -2.18. The molecule has 2 aromatic carbocycles. The van der Waals surface area contributed by atoms with Gasteiger partial charge in [0.1, 0.15) is 11.6 Å². The number of hydrogen-bond acceptors (Lipinski definition) is 6. The number of carbonyl (C=O) groups is 3. The highest BCUT2D eigenvalue weighted by atomic mass is 19.2. The zero-order valence-electron chi connectivity index (χ0n) is 19.7. The number of carbonyl (C=O) groups excluding carboxylic acids is 3. The van der Waals surface area contributed by atoms with Gasteiger partial charge in [-0.05, 0) is 27.2 Å². The molecule has 1 amide bonds. The number of nitrogens with one attached hydrogen (secondary N) is 1. The SMILES string of the molecule is CC(C)(C)OC(=O)N[C@@H](CCC(=O)Oc1c(F)c(F)c(F)c(F)c1F)C(=O)Oc1c(F)c(F)c(F)c(F)c1F. The van der Waals surface area contributed by atoms with Crippen molar-refractivity contribution in [3.8, 4) is 11.5 Å². The first kappa shape index (κ1) is 31.2. The van der Waals surface area contributed by atoms with Gasteiger partial charge in [0.25, 0.3) is 0 Å². The standard InChI is InChI=1S/C22H15F10NO6/c1-22(2,3)39-21(36)33-6(20(35)38-19-16(31)12(27)9(24)13(28)17(19)32)4-5-7(34)37-18-14(29)10(25)8(23)11(26)15(18)30/h6H,4-5H2,1-3H3,(H,33,36)/t6-/m0/s1. The van der Waals surface area contributed by atoms with Gasteiger partial charge in [0, 0.05) is 6.42 Å². The van der Waals surface area contributed by atoms with Crippen LogP contribution in [-0.2, 0) is 14.3 Å². The molecular formula is C22H15F10NO6. The molecule has 2 aromatic rings. The summed E-state index contributed by atoms with van der Waals surface area (Å²) in [6.07, 6.45) is -3.62. The first-order chi connectivity index (χ1) is 17.9. The zero-order valence-corrected chi connectivity index (χ0v) is 19.7. The summed E-state index contributed by atoms with van der Waals surface area (Å²) in [5.74, 6) is -32.9. The number of amides is 1. The summed E-state index contributed by atoms with van der Waals surface area (Å²) in [5, 5.41) is 1.77. The molecular weight excluding hydrogens is 564 g/mol. The van der Waals surface area contributed by atoms with Gasteiger partial charge in [0.15, 0.2) is 0 Å². The maximum atomic E-state index is 13.9. The molecule has 39 heavy (non-hydrogen) atoms. The molecule has 0 unspecified atom stereocenters. The third-order valence-corrected chi connectivity index (χ3v) is 4.37. The van der Waals surface area contributed by atoms with Gasteiger partial charge in [-0.1, -0.05) is 0 Å². The molecule has 2 rings (SSSR count). The average Bonchev–Trinajstić information content (AvgIpc) is 2.85. The fraction of sp³-hybridized carbons (Fsp3) is 0.318. The quantitative estimate of drug-likeness (QED) is 0.158. The van der Waals surface area contributed by atoms with Crippen LogP contribution in [0.15, 0.2) is 0 Å². The highest BCUT2D eigenvalue weighted by Gasteiger charge is 2.33. The largest absolute Gasteiger partial charge is 0.444 e. The Morgan fingerprint density at radius 2 is 1.00 bits per heavy atom. The number of ether oxygens (including phenoxy) is 3. The number of hydrogen-bond donors (Lipinski definition) is 1. The summed E-state index contributed by atoms with van der Waals surface area (Å²) in [4.78, 5) is 36.5. The van der Waals surface area contributed by atoms with Gasteiger partial charge >= 0.3 is 18.0 Å². The first-order valence-electron chi connectivity index (χ1n) is 10.3. The van der Waals surface area contributed by atoms with Gasteiger partial charge in [-0.15, -0.1) is 0 Å². The van der Waals surface area contributed by atoms with E-state index in [1.807, 2.05) is 0 Å². The molecule has 0 spiro atoms. The minimum atomic E-state index is -2.58. The zero-order chi connectivity index (χ0) is 30.0. The third kappa shape index (κ3) is 7.08. The molecule has 0 aliphatic heterocycles. The molecule has 0 radical (unpaired) electrons. The van der Waals surface area contributed by atoms with Gasteiger partial charge < -0.3 is 19.5 Å². The van der Waals surface area contributed by atoms with Crippen molar-refractivity contribution >= 4 is 18.0 Å². The summed E-state index contributed by atoms with van der Waals surface area (Å²) in [7, 11) is 0. The Hall–Kier alpha value is -4.05. The Morgan fingerprint density at radius 3 is 1.38 bits per heavy atom. The van der Waals surface area contributed by atoms with Crippen LogP contribution in [0.1, 0.15) is 33.6 Å². The lowest BCUT2D eigenvalue weighted by Gasteiger charge is -2.23. The van der Waals surface area contributed by atoms with Gasteiger partial charge in [0.2, 0.25) is 69.7 Å². The molecule has 0 saturated heterocycles. The summed E-state index contributed by atoms with van der Waals surface area (Å²) >= 11 is 0. The Morgan fingerprint density at radius 1 is 0.641 bits per heavy atom. The Kier molecular flexibility index (Phi) is 9.41. The Balaban J connectivity index is 2.30. The van der Waals surface area contributed by atoms with E-state index in [9.17, 15) is 58.3 Å². The monoisotopic (exact) mass is 579 g/mol. The minimum absolute atomic E-state index is 1.03. The van der Waals surface area contributed by atoms with Crippen LogP contribution in [0.4, 0.5) is 48.7 Å². The topological polar surface area (TPSA) is 90.9 Å². The molecule has 1 N–H and O–H groups in total. The van der Waals surface area contributed by atoms with E-state index in [0.717, 1.165) is 0 Å². The molecule has 0 aliphatic carbocycles. The fourth-order valence-corrected chi connectivity index (χ4v) is 2.65. The van der Waals surface area contributed by atoms with Gasteiger partial charge in [0.05, 0.1) is 0 Å². The molecule has 7 nitrogen and oxygen atoms in total. The van der Waals surface area contributed by atoms with Crippen molar-refractivity contribution < 1.29 is 72.5 Å². The van der Waals surface area contributed by atoms with Crippen molar-refractivity contribution in [2.75, 3.05) is 0 Å². The van der Waals surface area contributed by atoms with Gasteiger partial charge in [-0.25, -0.2) is 35.9 Å². The van der Waals surface area contributed by atoms with Crippen LogP contribution in [-0.4, -0.2) is 29.7 Å². The van der Waals surface area contributed by atoms with Crippen molar-refractivity contribution in [3.05, 3.63) is 58.2 Å². The van der Waals surface area contributed by atoms with E-state index in [0.29, 0.717) is 0 Å². The molecule has 17 heteroatoms. The van der Waals surface area contributed by atoms with Crippen LogP contribution in [0, 0.1) is 58.2 Å². The maximum absolute atomic E-state index is 13.9. The molecule has 0 aliphatic rings. The van der Waals surface area contributed by atoms with Crippen molar-refractivity contribution in [1.29, 1.82) is 0 Å². The van der Waals surface area contributed by atoms with Crippen LogP contribution >= 0.6 is 0 Å². The molecule has 0 heterocycles. The predicted molar refractivity (Wildman–Crippen MR) is 106 cm³/mol. The summed E-state index contributed by atoms with van der Waals surface area (Å²) < 4.78 is 148. The average molecular weight is 579 g/mol. The Labute approximate surface area is 211 Å². The lowest BCUT2D eigenvalue weighted by Crippen LogP contribution is -2.45. The fourth-order valence-electron chi connectivity index (χ4n) is 2.65. The van der Waals surface area contributed by atoms with Crippen LogP contribution in [0.3, 0.4) is 0 Å². The molecule has 0 saturated carbocycles. The van der Waals surface area contributed by atoms with E-state index in [2.05, 4.69) is 9.47 Å². The highest BCUT2D eigenvalue weighted by molar-refractivity contribution is 5.84. The number of esters is 2. The van der Waals surface area contributed by atoms with Crippen molar-refractivity contribution in [3.63, 3.8) is 0 Å². The lowest BCUT2D eigenvalue weighted by molar-refractivity contribution is -0.138. The van der Waals surface area contributed by atoms with Crippen molar-refractivity contribution in [2.45, 2.75) is 45.3 Å². The summed E-state index contributed by atoms with van der Waals surface area (Å²) in [6.45, 7) is 4.07. The number of benzene rings is 2. The number of rotatable bonds is 7. The van der Waals surface area contributed by atoms with Gasteiger partial charge in [-0.2, -0.15) is 17.6 Å². The van der Waals surface area contributed by atoms with Crippen molar-refractivity contribution in [1.82, 2.24) is 5.32 Å². The molecule has 0 fully saturated rings. The van der Waals surface area contributed by atoms with E-state index >= 15 is 0 Å². The Bertz CT molecular complexity index is 1270. The molecule has 0 aromatic heterocycles. The van der Waals surface area contributed by atoms with Crippen LogP contribution in [0.2, 0.25) is 0 Å². The molecule has 0 bridgehead atoms. The number of halogens is 10. The molecule has 214 valence electrons. The second-order valence-electron chi connectivity index (χ2n) is 8.43. The van der Waals surface area contributed by atoms with Crippen LogP contribution < -0.4 is 14.8 Å². The minimum Gasteiger partial charge on any atom is -0.444 e. The maximum Gasteiger partial charge on any atom is 0.408 e. The second kappa shape index (κ2) is 11.8. The highest BCUT2D eigenvalue weighted by Crippen LogP contribution is 2.31. The summed E-state index contributed by atoms with van der Waals surface area (Å²) in [5.41, 5.74) is -1.20. The van der Waals surface area contributed by atoms with E-state index in [4.69, 9.17) is 4.74 Å². The van der Waals surface area contributed by atoms with E-state index < -0.39 is 112 Å². The van der Waals surface area contributed by atoms with E-state index in [1.54, 1.807) is 5.32 Å².